The molecule has 3 N–H and O–H groups in total. The van der Waals surface area contributed by atoms with Crippen molar-refractivity contribution in [2.24, 2.45) is 10.8 Å². The molecule has 0 fully saturated rings. The van der Waals surface area contributed by atoms with Crippen molar-refractivity contribution in [2.75, 3.05) is 0 Å². The third-order valence-corrected chi connectivity index (χ3v) is 2.29. The molecule has 1 rings (SSSR count). The van der Waals surface area contributed by atoms with Gasteiger partial charge in [-0.2, -0.15) is 0 Å². The smallest absolute Gasteiger partial charge is 0.289 e. The van der Waals surface area contributed by atoms with E-state index in [2.05, 4.69) is 26.0 Å². The summed E-state index contributed by atoms with van der Waals surface area (Å²) in [5, 5.41) is 2.80. The fourth-order valence-electron chi connectivity index (χ4n) is 0.914. The molecule has 0 radical (unpaired) electrons. The molecular formula is C8H9BrN4O. The van der Waals surface area contributed by atoms with Crippen LogP contribution in [0.5, 0.6) is 0 Å². The summed E-state index contributed by atoms with van der Waals surface area (Å²) in [6, 6.07) is 3.35. The Morgan fingerprint density at radius 1 is 1.79 bits per heavy atom. The van der Waals surface area contributed by atoms with Crippen molar-refractivity contribution in [3.05, 3.63) is 28.5 Å². The second-order valence-electron chi connectivity index (χ2n) is 2.98. The lowest BCUT2D eigenvalue weighted by Crippen LogP contribution is -2.41. The molecule has 1 aromatic rings. The van der Waals surface area contributed by atoms with Crippen LogP contribution in [-0.4, -0.2) is 10.9 Å². The molecule has 0 saturated heterocycles. The molecule has 1 unspecified atom stereocenters. The number of halogens is 1. The molecular weight excluding hydrogens is 248 g/mol. The van der Waals surface area contributed by atoms with Crippen molar-refractivity contribution in [3.63, 3.8) is 0 Å². The Bertz CT molecular complexity index is 377. The van der Waals surface area contributed by atoms with E-state index in [0.29, 0.717) is 5.69 Å². The predicted molar refractivity (Wildman–Crippen MR) is 53.6 cm³/mol. The van der Waals surface area contributed by atoms with Crippen molar-refractivity contribution >= 4 is 21.8 Å². The number of rotatable bonds is 2. The highest BCUT2D eigenvalue weighted by molar-refractivity contribution is 9.10. The van der Waals surface area contributed by atoms with E-state index in [0.717, 1.165) is 4.47 Å². The van der Waals surface area contributed by atoms with E-state index in [1.807, 2.05) is 0 Å². The molecule has 1 atom stereocenters. The monoisotopic (exact) mass is 256 g/mol. The standard InChI is InChI=1S/C8H9BrN4O/c1-8(10,7(14)13-11)6-4-5(9)2-3-12-6/h2-4,11H,10H2,1H3. The molecule has 1 amide bonds. The quantitative estimate of drug-likeness (QED) is 0.787. The number of pyridine rings is 1. The number of hydrogen-bond acceptors (Lipinski definition) is 4. The number of aromatic nitrogens is 1. The van der Waals surface area contributed by atoms with Crippen LogP contribution < -0.4 is 5.73 Å². The van der Waals surface area contributed by atoms with Gasteiger partial charge in [-0.1, -0.05) is 15.9 Å². The van der Waals surface area contributed by atoms with Crippen molar-refractivity contribution in [1.29, 1.82) is 5.53 Å². The van der Waals surface area contributed by atoms with Crippen LogP contribution in [0.2, 0.25) is 0 Å². The first-order chi connectivity index (χ1) is 6.48. The molecule has 5 nitrogen and oxygen atoms in total. The molecule has 6 heteroatoms. The van der Waals surface area contributed by atoms with Gasteiger partial charge >= 0.3 is 0 Å². The molecule has 0 aromatic carbocycles. The zero-order chi connectivity index (χ0) is 10.8. The second kappa shape index (κ2) is 3.93. The number of hydrogen-bond donors (Lipinski definition) is 2. The van der Waals surface area contributed by atoms with Gasteiger partial charge in [-0.3, -0.25) is 9.78 Å². The molecule has 0 saturated carbocycles. The van der Waals surface area contributed by atoms with Gasteiger partial charge in [-0.15, -0.1) is 5.11 Å². The van der Waals surface area contributed by atoms with Gasteiger partial charge in [0.25, 0.3) is 5.91 Å². The number of amides is 1. The first kappa shape index (κ1) is 10.9. The van der Waals surface area contributed by atoms with E-state index in [1.54, 1.807) is 12.1 Å². The maximum Gasteiger partial charge on any atom is 0.289 e. The van der Waals surface area contributed by atoms with Crippen LogP contribution in [0.1, 0.15) is 12.6 Å². The number of nitrogens with zero attached hydrogens (tertiary/aromatic N) is 2. The summed E-state index contributed by atoms with van der Waals surface area (Å²) in [7, 11) is 0. The van der Waals surface area contributed by atoms with Gasteiger partial charge in [0.1, 0.15) is 5.54 Å². The molecule has 1 heterocycles. The van der Waals surface area contributed by atoms with Crippen LogP contribution in [0.4, 0.5) is 0 Å². The van der Waals surface area contributed by atoms with Gasteiger partial charge in [0.05, 0.1) is 5.69 Å². The minimum absolute atomic E-state index is 0.382. The van der Waals surface area contributed by atoms with E-state index < -0.39 is 11.4 Å². The zero-order valence-electron chi connectivity index (χ0n) is 7.49. The Morgan fingerprint density at radius 2 is 2.43 bits per heavy atom. The van der Waals surface area contributed by atoms with Crippen LogP contribution in [0.15, 0.2) is 27.9 Å². The summed E-state index contributed by atoms with van der Waals surface area (Å²) in [5.74, 6) is -0.719. The topological polar surface area (TPSA) is 92.2 Å². The molecule has 0 aliphatic carbocycles. The number of nitrogens with one attached hydrogen (secondary N) is 1. The van der Waals surface area contributed by atoms with Crippen molar-refractivity contribution < 1.29 is 4.79 Å². The zero-order valence-corrected chi connectivity index (χ0v) is 9.08. The summed E-state index contributed by atoms with van der Waals surface area (Å²) in [6.45, 7) is 1.47. The minimum atomic E-state index is -1.34. The van der Waals surface area contributed by atoms with Crippen LogP contribution in [-0.2, 0) is 10.3 Å². The Hall–Kier alpha value is -1.14. The van der Waals surface area contributed by atoms with Crippen molar-refractivity contribution in [1.82, 2.24) is 4.98 Å². The van der Waals surface area contributed by atoms with Gasteiger partial charge in [0, 0.05) is 10.7 Å². The highest BCUT2D eigenvalue weighted by Crippen LogP contribution is 2.20. The van der Waals surface area contributed by atoms with Gasteiger partial charge in [0.15, 0.2) is 0 Å². The number of carbonyl (C=O) groups excluding carboxylic acids is 1. The maximum absolute atomic E-state index is 11.2. The van der Waals surface area contributed by atoms with Crippen molar-refractivity contribution in [2.45, 2.75) is 12.5 Å². The van der Waals surface area contributed by atoms with Gasteiger partial charge in [-0.05, 0) is 19.1 Å². The Kier molecular flexibility index (Phi) is 3.07. The fraction of sp³-hybridized carbons (Fsp3) is 0.250. The minimum Gasteiger partial charge on any atom is -0.312 e. The normalized spacial score (nSPS) is 14.5. The van der Waals surface area contributed by atoms with Crippen LogP contribution >= 0.6 is 15.9 Å². The number of nitrogens with two attached hydrogens (primary N) is 1. The predicted octanol–water partition coefficient (Wildman–Crippen LogP) is 1.58. The second-order valence-corrected chi connectivity index (χ2v) is 3.89. The Labute approximate surface area is 89.4 Å². The van der Waals surface area contributed by atoms with E-state index >= 15 is 0 Å². The lowest BCUT2D eigenvalue weighted by Gasteiger charge is -2.18. The van der Waals surface area contributed by atoms with E-state index in [9.17, 15) is 4.79 Å². The average Bonchev–Trinajstić information content (AvgIpc) is 2.16. The summed E-state index contributed by atoms with van der Waals surface area (Å²) >= 11 is 3.24. The summed E-state index contributed by atoms with van der Waals surface area (Å²) < 4.78 is 0.775. The average molecular weight is 257 g/mol. The Morgan fingerprint density at radius 3 is 2.93 bits per heavy atom. The molecule has 0 bridgehead atoms. The van der Waals surface area contributed by atoms with Crippen LogP contribution in [0.3, 0.4) is 0 Å². The first-order valence-electron chi connectivity index (χ1n) is 3.81. The summed E-state index contributed by atoms with van der Waals surface area (Å²) in [4.78, 5) is 15.2. The third-order valence-electron chi connectivity index (χ3n) is 1.80. The fourth-order valence-corrected chi connectivity index (χ4v) is 1.25. The van der Waals surface area contributed by atoms with Crippen molar-refractivity contribution in [3.8, 4) is 0 Å². The first-order valence-corrected chi connectivity index (χ1v) is 4.60. The third kappa shape index (κ3) is 2.02. The lowest BCUT2D eigenvalue weighted by atomic mass is 9.98. The maximum atomic E-state index is 11.2. The summed E-state index contributed by atoms with van der Waals surface area (Å²) in [5.41, 5.74) is 11.4. The molecule has 0 aliphatic rings. The largest absolute Gasteiger partial charge is 0.312 e. The van der Waals surface area contributed by atoms with E-state index in [4.69, 9.17) is 11.3 Å². The molecule has 0 aliphatic heterocycles. The molecule has 14 heavy (non-hydrogen) atoms. The number of carbonyl (C=O) groups is 1. The van der Waals surface area contributed by atoms with E-state index in [1.165, 1.54) is 13.1 Å². The van der Waals surface area contributed by atoms with Crippen LogP contribution in [0, 0.1) is 5.53 Å². The molecule has 1 aromatic heterocycles. The lowest BCUT2D eigenvalue weighted by molar-refractivity contribution is -0.123. The van der Waals surface area contributed by atoms with Crippen LogP contribution in [0.25, 0.3) is 0 Å². The van der Waals surface area contributed by atoms with Gasteiger partial charge in [-0.25, -0.2) is 5.53 Å². The highest BCUT2D eigenvalue weighted by Gasteiger charge is 2.32. The Balaban J connectivity index is 3.15. The van der Waals surface area contributed by atoms with E-state index in [-0.39, 0.29) is 0 Å². The van der Waals surface area contributed by atoms with Gasteiger partial charge in [0.2, 0.25) is 0 Å². The molecule has 74 valence electrons. The molecule has 0 spiro atoms. The van der Waals surface area contributed by atoms with Gasteiger partial charge < -0.3 is 5.73 Å². The highest BCUT2D eigenvalue weighted by atomic mass is 79.9. The summed E-state index contributed by atoms with van der Waals surface area (Å²) in [6.07, 6.45) is 1.53. The SMILES string of the molecule is CC(N)(C(=O)N=N)c1cc(Br)ccn1.